The summed E-state index contributed by atoms with van der Waals surface area (Å²) in [6.07, 6.45) is 1.16. The number of thiophene rings is 1. The second-order valence-electron chi connectivity index (χ2n) is 6.38. The van der Waals surface area contributed by atoms with E-state index in [1.54, 1.807) is 19.1 Å². The van der Waals surface area contributed by atoms with E-state index in [-0.39, 0.29) is 10.9 Å². The summed E-state index contributed by atoms with van der Waals surface area (Å²) < 4.78 is 1.25. The number of amides is 1. The Kier molecular flexibility index (Phi) is 6.26. The van der Waals surface area contributed by atoms with Crippen molar-refractivity contribution in [3.05, 3.63) is 55.4 Å². The van der Waals surface area contributed by atoms with Crippen LogP contribution >= 0.6 is 34.5 Å². The Hall–Kier alpha value is -2.42. The lowest BCUT2D eigenvalue weighted by atomic mass is 10.2. The predicted molar refractivity (Wildman–Crippen MR) is 115 cm³/mol. The van der Waals surface area contributed by atoms with Crippen molar-refractivity contribution in [3.63, 3.8) is 0 Å². The number of fused-ring (bicyclic) bond motifs is 1. The number of hydrogen-bond donors (Lipinski definition) is 2. The highest BCUT2D eigenvalue weighted by Gasteiger charge is 2.25. The van der Waals surface area contributed by atoms with Gasteiger partial charge >= 0.3 is 5.97 Å². The molecule has 29 heavy (non-hydrogen) atoms. The monoisotopic (exact) mass is 453 g/mol. The van der Waals surface area contributed by atoms with Gasteiger partial charge in [0.1, 0.15) is 16.7 Å². The number of aromatic carboxylic acids is 1. The predicted octanol–water partition coefficient (Wildman–Crippen LogP) is 4.62. The molecular weight excluding hydrogens is 437 g/mol. The van der Waals surface area contributed by atoms with Crippen molar-refractivity contribution in [2.45, 2.75) is 32.7 Å². The van der Waals surface area contributed by atoms with Gasteiger partial charge < -0.3 is 10.4 Å². The second-order valence-corrected chi connectivity index (χ2v) is 8.08. The summed E-state index contributed by atoms with van der Waals surface area (Å²) in [5, 5.41) is 14.1. The number of carboxylic acids is 1. The fourth-order valence-corrected chi connectivity index (χ4v) is 4.21. The van der Waals surface area contributed by atoms with Gasteiger partial charge in [-0.25, -0.2) is 9.78 Å². The number of anilines is 1. The molecule has 1 amide bonds. The van der Waals surface area contributed by atoms with Gasteiger partial charge in [-0.05, 0) is 31.5 Å². The molecule has 3 aromatic rings. The molecule has 2 aromatic heterocycles. The maximum atomic E-state index is 13.2. The lowest BCUT2D eigenvalue weighted by molar-refractivity contribution is -0.118. The highest BCUT2D eigenvalue weighted by atomic mass is 35.5. The largest absolute Gasteiger partial charge is 0.478 e. The van der Waals surface area contributed by atoms with Crippen LogP contribution in [-0.2, 0) is 11.2 Å². The van der Waals surface area contributed by atoms with Gasteiger partial charge in [0, 0.05) is 16.8 Å². The number of rotatable bonds is 6. The molecule has 3 rings (SSSR count). The van der Waals surface area contributed by atoms with E-state index in [1.165, 1.54) is 16.0 Å². The molecule has 0 aliphatic heterocycles. The molecule has 10 heteroatoms. The SMILES string of the molecule is CCCc1nc2scc(C(=O)O)c2c(=O)n1C(C)C(=O)Nc1cc(Cl)ccc1Cl. The highest BCUT2D eigenvalue weighted by Crippen LogP contribution is 2.27. The van der Waals surface area contributed by atoms with Crippen LogP contribution in [0.4, 0.5) is 5.69 Å². The number of nitrogens with zero attached hydrogens (tertiary/aromatic N) is 2. The van der Waals surface area contributed by atoms with Crippen molar-refractivity contribution in [2.24, 2.45) is 0 Å². The summed E-state index contributed by atoms with van der Waals surface area (Å²) in [6.45, 7) is 3.48. The van der Waals surface area contributed by atoms with E-state index in [0.29, 0.717) is 39.2 Å². The van der Waals surface area contributed by atoms with Gasteiger partial charge in [-0.3, -0.25) is 14.2 Å². The van der Waals surface area contributed by atoms with Gasteiger partial charge in [0.25, 0.3) is 5.56 Å². The van der Waals surface area contributed by atoms with Gasteiger partial charge in [-0.2, -0.15) is 0 Å². The van der Waals surface area contributed by atoms with E-state index >= 15 is 0 Å². The molecular formula is C19H17Cl2N3O4S. The smallest absolute Gasteiger partial charge is 0.337 e. The Morgan fingerprint density at radius 1 is 1.34 bits per heavy atom. The topological polar surface area (TPSA) is 101 Å². The summed E-state index contributed by atoms with van der Waals surface area (Å²) >= 11 is 13.2. The number of aromatic nitrogens is 2. The summed E-state index contributed by atoms with van der Waals surface area (Å²) in [5.41, 5.74) is -0.362. The third kappa shape index (κ3) is 4.14. The van der Waals surface area contributed by atoms with Gasteiger partial charge in [0.05, 0.1) is 21.7 Å². The first-order valence-corrected chi connectivity index (χ1v) is 10.4. The van der Waals surface area contributed by atoms with Gasteiger partial charge in [-0.15, -0.1) is 11.3 Å². The standard InChI is InChI=1S/C19H17Cl2N3O4S/c1-3-4-14-23-17-15(11(8-29-17)19(27)28)18(26)24(14)9(2)16(25)22-13-7-10(20)5-6-12(13)21/h5-9H,3-4H2,1-2H3,(H,22,25)(H,27,28). The summed E-state index contributed by atoms with van der Waals surface area (Å²) in [6, 6.07) is 3.70. The third-order valence-electron chi connectivity index (χ3n) is 4.37. The van der Waals surface area contributed by atoms with Crippen LogP contribution < -0.4 is 10.9 Å². The average molecular weight is 454 g/mol. The minimum Gasteiger partial charge on any atom is -0.478 e. The van der Waals surface area contributed by atoms with Crippen LogP contribution in [0.15, 0.2) is 28.4 Å². The average Bonchev–Trinajstić information content (AvgIpc) is 3.09. The van der Waals surface area contributed by atoms with E-state index in [2.05, 4.69) is 10.3 Å². The number of aryl methyl sites for hydroxylation is 1. The molecule has 1 atom stereocenters. The van der Waals surface area contributed by atoms with Crippen LogP contribution in [0.25, 0.3) is 10.2 Å². The Morgan fingerprint density at radius 2 is 2.07 bits per heavy atom. The molecule has 7 nitrogen and oxygen atoms in total. The lowest BCUT2D eigenvalue weighted by Gasteiger charge is -2.19. The molecule has 1 unspecified atom stereocenters. The minimum absolute atomic E-state index is 0.00258. The second kappa shape index (κ2) is 8.52. The number of carbonyl (C=O) groups excluding carboxylic acids is 1. The van der Waals surface area contributed by atoms with Crippen molar-refractivity contribution >= 4 is 62.3 Å². The first-order valence-electron chi connectivity index (χ1n) is 8.76. The van der Waals surface area contributed by atoms with Crippen LogP contribution in [-0.4, -0.2) is 26.5 Å². The van der Waals surface area contributed by atoms with E-state index in [0.717, 1.165) is 11.3 Å². The maximum Gasteiger partial charge on any atom is 0.337 e. The molecule has 2 heterocycles. The van der Waals surface area contributed by atoms with Gasteiger partial charge in [0.15, 0.2) is 0 Å². The van der Waals surface area contributed by atoms with Crippen LogP contribution in [0, 0.1) is 0 Å². The molecule has 152 valence electrons. The number of nitrogens with one attached hydrogen (secondary N) is 1. The highest BCUT2D eigenvalue weighted by molar-refractivity contribution is 7.17. The lowest BCUT2D eigenvalue weighted by Crippen LogP contribution is -2.35. The van der Waals surface area contributed by atoms with Crippen molar-refractivity contribution in [3.8, 4) is 0 Å². The number of hydrogen-bond acceptors (Lipinski definition) is 5. The molecule has 0 radical (unpaired) electrons. The molecule has 0 aliphatic carbocycles. The first-order chi connectivity index (χ1) is 13.7. The normalized spacial score (nSPS) is 12.1. The van der Waals surface area contributed by atoms with E-state index < -0.39 is 23.5 Å². The maximum absolute atomic E-state index is 13.2. The Labute approximate surface area is 179 Å². The first kappa shape index (κ1) is 21.3. The van der Waals surface area contributed by atoms with E-state index in [4.69, 9.17) is 23.2 Å². The van der Waals surface area contributed by atoms with Crippen LogP contribution in [0.5, 0.6) is 0 Å². The van der Waals surface area contributed by atoms with Crippen molar-refractivity contribution < 1.29 is 14.7 Å². The molecule has 2 N–H and O–H groups in total. The van der Waals surface area contributed by atoms with Crippen LogP contribution in [0.2, 0.25) is 10.0 Å². The van der Waals surface area contributed by atoms with E-state index in [1.807, 2.05) is 6.92 Å². The number of benzene rings is 1. The fraction of sp³-hybridized carbons (Fsp3) is 0.263. The molecule has 0 spiro atoms. The Morgan fingerprint density at radius 3 is 2.72 bits per heavy atom. The minimum atomic E-state index is -1.22. The number of halogens is 2. The fourth-order valence-electron chi connectivity index (χ4n) is 2.95. The van der Waals surface area contributed by atoms with Crippen LogP contribution in [0.1, 0.15) is 42.5 Å². The molecule has 0 fully saturated rings. The summed E-state index contributed by atoms with van der Waals surface area (Å²) in [4.78, 5) is 42.3. The zero-order valence-electron chi connectivity index (χ0n) is 15.5. The number of carbonyl (C=O) groups is 2. The van der Waals surface area contributed by atoms with Gasteiger partial charge in [0.2, 0.25) is 5.91 Å². The Balaban J connectivity index is 2.09. The Bertz CT molecular complexity index is 1170. The molecule has 0 saturated carbocycles. The quantitative estimate of drug-likeness (QED) is 0.566. The van der Waals surface area contributed by atoms with Crippen molar-refractivity contribution in [2.75, 3.05) is 5.32 Å². The zero-order valence-corrected chi connectivity index (χ0v) is 17.9. The third-order valence-corrected chi connectivity index (χ3v) is 5.81. The van der Waals surface area contributed by atoms with Crippen molar-refractivity contribution in [1.29, 1.82) is 0 Å². The molecule has 0 saturated heterocycles. The zero-order chi connectivity index (χ0) is 21.3. The molecule has 0 bridgehead atoms. The van der Waals surface area contributed by atoms with E-state index in [9.17, 15) is 19.5 Å². The summed E-state index contributed by atoms with van der Waals surface area (Å²) in [7, 11) is 0. The molecule has 0 aliphatic rings. The van der Waals surface area contributed by atoms with Gasteiger partial charge in [-0.1, -0.05) is 30.1 Å². The van der Waals surface area contributed by atoms with Crippen LogP contribution in [0.3, 0.4) is 0 Å². The summed E-state index contributed by atoms with van der Waals surface area (Å²) in [5.74, 6) is -1.29. The number of carboxylic acid groups (broad SMARTS) is 1. The van der Waals surface area contributed by atoms with Crippen molar-refractivity contribution in [1.82, 2.24) is 9.55 Å². The molecule has 1 aromatic carbocycles.